The summed E-state index contributed by atoms with van der Waals surface area (Å²) in [6.07, 6.45) is 0. The summed E-state index contributed by atoms with van der Waals surface area (Å²) in [5.41, 5.74) is 0.975. The first kappa shape index (κ1) is 22.6. The number of halogens is 2. The highest BCUT2D eigenvalue weighted by Crippen LogP contribution is 2.24. The lowest BCUT2D eigenvalue weighted by Gasteiger charge is -2.10. The lowest BCUT2D eigenvalue weighted by atomic mass is 10.2. The van der Waals surface area contributed by atoms with E-state index in [4.69, 9.17) is 9.47 Å². The standard InChI is InChI=1S/C20H21F2NO5S/c1-26-11-10-23-18(24)13-29-17-5-3-2-4-16(17)19(25)27-12-14-6-8-15(9-7-14)28-20(21)22/h2-9,20H,10-13H2,1H3,(H,23,24). The molecule has 0 atom stereocenters. The van der Waals surface area contributed by atoms with Gasteiger partial charge in [0.05, 0.1) is 17.9 Å². The number of hydrogen-bond donors (Lipinski definition) is 1. The Morgan fingerprint density at radius 2 is 1.83 bits per heavy atom. The van der Waals surface area contributed by atoms with Gasteiger partial charge >= 0.3 is 12.6 Å². The number of carbonyl (C=O) groups excluding carboxylic acids is 2. The van der Waals surface area contributed by atoms with Crippen molar-refractivity contribution < 1.29 is 32.6 Å². The minimum atomic E-state index is -2.89. The van der Waals surface area contributed by atoms with Crippen LogP contribution in [0.1, 0.15) is 15.9 Å². The smallest absolute Gasteiger partial charge is 0.387 e. The minimum absolute atomic E-state index is 0.0235. The maximum absolute atomic E-state index is 12.4. The van der Waals surface area contributed by atoms with E-state index in [1.165, 1.54) is 36.0 Å². The summed E-state index contributed by atoms with van der Waals surface area (Å²) in [5, 5.41) is 2.71. The second-order valence-electron chi connectivity index (χ2n) is 5.73. The van der Waals surface area contributed by atoms with Gasteiger partial charge in [0.15, 0.2) is 0 Å². The van der Waals surface area contributed by atoms with Gasteiger partial charge in [-0.15, -0.1) is 11.8 Å². The largest absolute Gasteiger partial charge is 0.457 e. The van der Waals surface area contributed by atoms with Gasteiger partial charge in [-0.05, 0) is 29.8 Å². The number of methoxy groups -OCH3 is 1. The van der Waals surface area contributed by atoms with Crippen LogP contribution in [0.3, 0.4) is 0 Å². The third-order valence-electron chi connectivity index (χ3n) is 3.61. The van der Waals surface area contributed by atoms with Crippen molar-refractivity contribution in [3.63, 3.8) is 0 Å². The molecule has 2 rings (SSSR count). The van der Waals surface area contributed by atoms with Gasteiger partial charge in [-0.2, -0.15) is 8.78 Å². The molecule has 0 fully saturated rings. The molecule has 29 heavy (non-hydrogen) atoms. The van der Waals surface area contributed by atoms with E-state index in [9.17, 15) is 18.4 Å². The Morgan fingerprint density at radius 1 is 1.10 bits per heavy atom. The Bertz CT molecular complexity index is 802. The number of esters is 1. The van der Waals surface area contributed by atoms with Crippen LogP contribution in [0, 0.1) is 0 Å². The molecule has 0 spiro atoms. The maximum Gasteiger partial charge on any atom is 0.387 e. The number of carbonyl (C=O) groups is 2. The van der Waals surface area contributed by atoms with Crippen LogP contribution in [0.25, 0.3) is 0 Å². The first-order valence-electron chi connectivity index (χ1n) is 8.68. The summed E-state index contributed by atoms with van der Waals surface area (Å²) in [5.74, 6) is -0.526. The molecular weight excluding hydrogens is 404 g/mol. The fourth-order valence-corrected chi connectivity index (χ4v) is 3.11. The Morgan fingerprint density at radius 3 is 2.52 bits per heavy atom. The minimum Gasteiger partial charge on any atom is -0.457 e. The van der Waals surface area contributed by atoms with Gasteiger partial charge in [-0.3, -0.25) is 4.79 Å². The van der Waals surface area contributed by atoms with E-state index in [0.29, 0.717) is 29.2 Å². The average molecular weight is 425 g/mol. The highest BCUT2D eigenvalue weighted by molar-refractivity contribution is 8.00. The number of benzene rings is 2. The molecule has 9 heteroatoms. The summed E-state index contributed by atoms with van der Waals surface area (Å²) in [7, 11) is 1.55. The summed E-state index contributed by atoms with van der Waals surface area (Å²) >= 11 is 1.23. The second-order valence-corrected chi connectivity index (χ2v) is 6.74. The average Bonchev–Trinajstić information content (AvgIpc) is 2.71. The van der Waals surface area contributed by atoms with Gasteiger partial charge in [0, 0.05) is 18.6 Å². The lowest BCUT2D eigenvalue weighted by Crippen LogP contribution is -2.28. The molecule has 0 aliphatic heterocycles. The van der Waals surface area contributed by atoms with Gasteiger partial charge < -0.3 is 19.5 Å². The number of rotatable bonds is 11. The van der Waals surface area contributed by atoms with Crippen LogP contribution in [-0.4, -0.2) is 44.5 Å². The highest BCUT2D eigenvalue weighted by atomic mass is 32.2. The van der Waals surface area contributed by atoms with Crippen molar-refractivity contribution in [1.82, 2.24) is 5.32 Å². The van der Waals surface area contributed by atoms with E-state index in [1.54, 1.807) is 31.4 Å². The number of alkyl halides is 2. The van der Waals surface area contributed by atoms with E-state index in [2.05, 4.69) is 10.1 Å². The van der Waals surface area contributed by atoms with Crippen molar-refractivity contribution >= 4 is 23.6 Å². The van der Waals surface area contributed by atoms with E-state index in [1.807, 2.05) is 0 Å². The molecule has 0 aliphatic rings. The molecule has 1 amide bonds. The molecule has 6 nitrogen and oxygen atoms in total. The van der Waals surface area contributed by atoms with Gasteiger partial charge in [0.1, 0.15) is 12.4 Å². The summed E-state index contributed by atoms with van der Waals surface area (Å²) in [4.78, 5) is 24.9. The molecule has 2 aromatic rings. The summed E-state index contributed by atoms with van der Waals surface area (Å²) < 4.78 is 38.8. The van der Waals surface area contributed by atoms with Gasteiger partial charge in [-0.25, -0.2) is 4.79 Å². The summed E-state index contributed by atoms with van der Waals surface area (Å²) in [6.45, 7) is -2.07. The molecule has 0 unspecified atom stereocenters. The molecule has 0 heterocycles. The predicted octanol–water partition coefficient (Wildman–Crippen LogP) is 3.50. The van der Waals surface area contributed by atoms with Crippen molar-refractivity contribution in [1.29, 1.82) is 0 Å². The van der Waals surface area contributed by atoms with Crippen molar-refractivity contribution in [3.05, 3.63) is 59.7 Å². The van der Waals surface area contributed by atoms with E-state index in [0.717, 1.165) is 0 Å². The zero-order valence-corrected chi connectivity index (χ0v) is 16.5. The van der Waals surface area contributed by atoms with E-state index < -0.39 is 12.6 Å². The van der Waals surface area contributed by atoms with Gasteiger partial charge in [-0.1, -0.05) is 24.3 Å². The van der Waals surface area contributed by atoms with Crippen LogP contribution < -0.4 is 10.1 Å². The van der Waals surface area contributed by atoms with Crippen molar-refractivity contribution in [2.75, 3.05) is 26.0 Å². The van der Waals surface area contributed by atoms with Crippen LogP contribution in [0.15, 0.2) is 53.4 Å². The number of amides is 1. The SMILES string of the molecule is COCCNC(=O)CSc1ccccc1C(=O)OCc1ccc(OC(F)F)cc1. The Balaban J connectivity index is 1.89. The highest BCUT2D eigenvalue weighted by Gasteiger charge is 2.14. The van der Waals surface area contributed by atoms with Crippen LogP contribution in [0.2, 0.25) is 0 Å². The van der Waals surface area contributed by atoms with Crippen LogP contribution in [-0.2, 0) is 20.9 Å². The topological polar surface area (TPSA) is 73.9 Å². The van der Waals surface area contributed by atoms with Crippen LogP contribution >= 0.6 is 11.8 Å². The van der Waals surface area contributed by atoms with Crippen LogP contribution in [0.5, 0.6) is 5.75 Å². The van der Waals surface area contributed by atoms with Crippen molar-refractivity contribution in [2.24, 2.45) is 0 Å². The third kappa shape index (κ3) is 8.08. The molecule has 0 aliphatic carbocycles. The van der Waals surface area contributed by atoms with Crippen molar-refractivity contribution in [3.8, 4) is 5.75 Å². The molecule has 2 aromatic carbocycles. The zero-order chi connectivity index (χ0) is 21.1. The lowest BCUT2D eigenvalue weighted by molar-refractivity contribution is -0.118. The Labute approximate surface area is 171 Å². The third-order valence-corrected chi connectivity index (χ3v) is 4.69. The molecule has 156 valence electrons. The van der Waals surface area contributed by atoms with E-state index >= 15 is 0 Å². The zero-order valence-electron chi connectivity index (χ0n) is 15.7. The normalized spacial score (nSPS) is 10.6. The fraction of sp³-hybridized carbons (Fsp3) is 0.300. The number of ether oxygens (including phenoxy) is 3. The number of hydrogen-bond acceptors (Lipinski definition) is 6. The van der Waals surface area contributed by atoms with Crippen LogP contribution in [0.4, 0.5) is 8.78 Å². The summed E-state index contributed by atoms with van der Waals surface area (Å²) in [6, 6.07) is 12.7. The number of thioether (sulfide) groups is 1. The fourth-order valence-electron chi connectivity index (χ4n) is 2.24. The van der Waals surface area contributed by atoms with Gasteiger partial charge in [0.25, 0.3) is 0 Å². The molecule has 1 N–H and O–H groups in total. The first-order valence-corrected chi connectivity index (χ1v) is 9.66. The molecule has 0 bridgehead atoms. The van der Waals surface area contributed by atoms with E-state index in [-0.39, 0.29) is 24.0 Å². The second kappa shape index (κ2) is 12.0. The predicted molar refractivity (Wildman–Crippen MR) is 104 cm³/mol. The first-order chi connectivity index (χ1) is 14.0. The Kier molecular flexibility index (Phi) is 9.39. The maximum atomic E-state index is 12.4. The molecule has 0 radical (unpaired) electrons. The molecule has 0 aromatic heterocycles. The monoisotopic (exact) mass is 425 g/mol. The molecular formula is C20H21F2NO5S. The molecule has 0 saturated heterocycles. The van der Waals surface area contributed by atoms with Crippen molar-refractivity contribution in [2.45, 2.75) is 18.1 Å². The quantitative estimate of drug-likeness (QED) is 0.338. The van der Waals surface area contributed by atoms with Gasteiger partial charge in [0.2, 0.25) is 5.91 Å². The Hall–Kier alpha value is -2.65. The molecule has 0 saturated carbocycles. The number of nitrogens with one attached hydrogen (secondary N) is 1.